The van der Waals surface area contributed by atoms with Gasteiger partial charge in [-0.15, -0.1) is 0 Å². The Morgan fingerprint density at radius 1 is 1.00 bits per heavy atom. The highest BCUT2D eigenvalue weighted by Crippen LogP contribution is 2.35. The van der Waals surface area contributed by atoms with E-state index in [0.717, 1.165) is 38.0 Å². The maximum atomic E-state index is 13.6. The molecule has 39 heavy (non-hydrogen) atoms. The van der Waals surface area contributed by atoms with Crippen LogP contribution in [0.15, 0.2) is 112 Å². The minimum atomic E-state index is -0.379. The van der Waals surface area contributed by atoms with Gasteiger partial charge in [-0.2, -0.15) is 0 Å². The van der Waals surface area contributed by atoms with E-state index in [9.17, 15) is 9.59 Å². The van der Waals surface area contributed by atoms with Crippen LogP contribution < -0.4 is 5.32 Å². The van der Waals surface area contributed by atoms with Crippen LogP contribution in [0, 0.1) is 5.92 Å². The van der Waals surface area contributed by atoms with Gasteiger partial charge in [-0.1, -0.05) is 87.1 Å². The number of hydrogen-bond donors (Lipinski definition) is 1. The lowest BCUT2D eigenvalue weighted by atomic mass is 9.91. The highest BCUT2D eigenvalue weighted by atomic mass is 127. The Hall–Kier alpha value is -3.17. The lowest BCUT2D eigenvalue weighted by Gasteiger charge is -2.22. The van der Waals surface area contributed by atoms with Crippen molar-refractivity contribution >= 4 is 61.4 Å². The zero-order valence-electron chi connectivity index (χ0n) is 21.3. The van der Waals surface area contributed by atoms with Crippen LogP contribution in [0.5, 0.6) is 0 Å². The Kier molecular flexibility index (Phi) is 8.67. The van der Waals surface area contributed by atoms with Crippen molar-refractivity contribution in [3.8, 4) is 0 Å². The number of rotatable bonds is 8. The molecule has 5 rings (SSSR count). The molecule has 0 saturated heterocycles. The number of allylic oxidation sites excluding steroid dienone is 3. The average molecular weight is 696 g/mol. The number of fused-ring (bicyclic) bond motifs is 1. The van der Waals surface area contributed by atoms with E-state index in [2.05, 4.69) is 62.1 Å². The van der Waals surface area contributed by atoms with Gasteiger partial charge in [-0.25, -0.2) is 4.79 Å². The minimum Gasteiger partial charge on any atom is -0.465 e. The van der Waals surface area contributed by atoms with Gasteiger partial charge in [0, 0.05) is 25.4 Å². The van der Waals surface area contributed by atoms with E-state index in [0.29, 0.717) is 18.4 Å². The summed E-state index contributed by atoms with van der Waals surface area (Å²) >= 11 is 5.88. The molecule has 0 spiro atoms. The summed E-state index contributed by atoms with van der Waals surface area (Å²) in [5.41, 5.74) is 4.20. The van der Waals surface area contributed by atoms with Crippen LogP contribution in [-0.4, -0.2) is 22.9 Å². The number of alkyl halides is 1. The highest BCUT2D eigenvalue weighted by molar-refractivity contribution is 14.1. The molecule has 198 valence electrons. The van der Waals surface area contributed by atoms with Crippen LogP contribution >= 0.6 is 38.5 Å². The molecule has 0 saturated carbocycles. The Bertz CT molecular complexity index is 1510. The largest absolute Gasteiger partial charge is 0.465 e. The standard InChI is InChI=1S/C32H27BrINO4/c1-38-32(37)22-10-6-20(7-11-22)16-24(17-21-8-12-25(33)13-9-21)31(36)35-26-14-15-27(28(34)19-26)30-18-23-4-2-3-5-29(23)39-30/h2-15,18-19,24,27-28H,16-17H2,1H3,(H,35,36)/t24?,27?,28-/m1/s1. The molecule has 1 aliphatic rings. The van der Waals surface area contributed by atoms with Crippen LogP contribution in [0.3, 0.4) is 0 Å². The third kappa shape index (κ3) is 6.70. The monoisotopic (exact) mass is 695 g/mol. The van der Waals surface area contributed by atoms with Crippen LogP contribution in [0.4, 0.5) is 0 Å². The number of nitrogens with one attached hydrogen (secondary N) is 1. The van der Waals surface area contributed by atoms with Gasteiger partial charge in [0.15, 0.2) is 0 Å². The Morgan fingerprint density at radius 3 is 2.31 bits per heavy atom. The summed E-state index contributed by atoms with van der Waals surface area (Å²) in [5, 5.41) is 4.24. The minimum absolute atomic E-state index is 0.0448. The lowest BCUT2D eigenvalue weighted by molar-refractivity contribution is -0.124. The van der Waals surface area contributed by atoms with E-state index < -0.39 is 0 Å². The number of para-hydroxylation sites is 1. The molecular weight excluding hydrogens is 669 g/mol. The first kappa shape index (κ1) is 27.4. The molecule has 3 aromatic carbocycles. The summed E-state index contributed by atoms with van der Waals surface area (Å²) in [6.45, 7) is 0. The number of amides is 1. The summed E-state index contributed by atoms with van der Waals surface area (Å²) in [6, 6.07) is 25.4. The van der Waals surface area contributed by atoms with Gasteiger partial charge in [0.2, 0.25) is 5.91 Å². The van der Waals surface area contributed by atoms with Gasteiger partial charge in [0.1, 0.15) is 11.3 Å². The second-order valence-electron chi connectivity index (χ2n) is 9.55. The number of esters is 1. The topological polar surface area (TPSA) is 68.5 Å². The molecular formula is C32H27BrINO4. The van der Waals surface area contributed by atoms with Gasteiger partial charge in [0.25, 0.3) is 0 Å². The van der Waals surface area contributed by atoms with Gasteiger partial charge >= 0.3 is 5.97 Å². The fourth-order valence-corrected chi connectivity index (χ4v) is 5.98. The third-order valence-corrected chi connectivity index (χ3v) is 8.49. The van der Waals surface area contributed by atoms with Crippen LogP contribution in [0.2, 0.25) is 0 Å². The zero-order chi connectivity index (χ0) is 27.4. The van der Waals surface area contributed by atoms with Crippen molar-refractivity contribution in [2.24, 2.45) is 5.92 Å². The number of furan rings is 1. The van der Waals surface area contributed by atoms with E-state index in [-0.39, 0.29) is 27.6 Å². The first-order valence-corrected chi connectivity index (χ1v) is 14.7. The number of ether oxygens (including phenoxy) is 1. The zero-order valence-corrected chi connectivity index (χ0v) is 25.0. The van der Waals surface area contributed by atoms with Gasteiger partial charge < -0.3 is 14.5 Å². The predicted molar refractivity (Wildman–Crippen MR) is 165 cm³/mol. The van der Waals surface area contributed by atoms with Gasteiger partial charge in [-0.05, 0) is 72.5 Å². The third-order valence-electron chi connectivity index (χ3n) is 6.83. The fourth-order valence-electron chi connectivity index (χ4n) is 4.73. The summed E-state index contributed by atoms with van der Waals surface area (Å²) in [7, 11) is 1.36. The van der Waals surface area contributed by atoms with Crippen LogP contribution in [0.1, 0.15) is 33.2 Å². The second-order valence-corrected chi connectivity index (χ2v) is 11.9. The molecule has 1 aliphatic carbocycles. The summed E-state index contributed by atoms with van der Waals surface area (Å²) < 4.78 is 12.0. The highest BCUT2D eigenvalue weighted by Gasteiger charge is 2.26. The number of carbonyl (C=O) groups is 2. The second kappa shape index (κ2) is 12.3. The van der Waals surface area contributed by atoms with E-state index >= 15 is 0 Å². The first-order chi connectivity index (χ1) is 18.9. The molecule has 1 heterocycles. The number of carbonyl (C=O) groups excluding carboxylic acids is 2. The summed E-state index contributed by atoms with van der Waals surface area (Å²) in [4.78, 5) is 25.4. The van der Waals surface area contributed by atoms with Crippen molar-refractivity contribution in [1.29, 1.82) is 0 Å². The summed E-state index contributed by atoms with van der Waals surface area (Å²) in [6.07, 6.45) is 7.27. The van der Waals surface area contributed by atoms with Gasteiger partial charge in [-0.3, -0.25) is 4.79 Å². The predicted octanol–water partition coefficient (Wildman–Crippen LogP) is 7.54. The van der Waals surface area contributed by atoms with E-state index in [1.165, 1.54) is 7.11 Å². The van der Waals surface area contributed by atoms with Crippen molar-refractivity contribution in [3.63, 3.8) is 0 Å². The quantitative estimate of drug-likeness (QED) is 0.118. The summed E-state index contributed by atoms with van der Waals surface area (Å²) in [5.74, 6) is 0.278. The Morgan fingerprint density at radius 2 is 1.67 bits per heavy atom. The molecule has 1 N–H and O–H groups in total. The Labute approximate surface area is 249 Å². The normalized spacial score (nSPS) is 17.5. The lowest BCUT2D eigenvalue weighted by Crippen LogP contribution is -2.33. The number of halogens is 2. The van der Waals surface area contributed by atoms with Crippen molar-refractivity contribution in [1.82, 2.24) is 5.32 Å². The molecule has 1 aromatic heterocycles. The van der Waals surface area contributed by atoms with E-state index in [4.69, 9.17) is 9.15 Å². The molecule has 2 unspecified atom stereocenters. The molecule has 7 heteroatoms. The molecule has 5 nitrogen and oxygen atoms in total. The van der Waals surface area contributed by atoms with Crippen molar-refractivity contribution in [2.75, 3.05) is 7.11 Å². The number of benzene rings is 3. The number of hydrogen-bond acceptors (Lipinski definition) is 4. The molecule has 0 radical (unpaired) electrons. The van der Waals surface area contributed by atoms with Gasteiger partial charge in [0.05, 0.1) is 18.6 Å². The van der Waals surface area contributed by atoms with Crippen LogP contribution in [-0.2, 0) is 22.4 Å². The maximum absolute atomic E-state index is 13.6. The Balaban J connectivity index is 1.31. The molecule has 1 amide bonds. The van der Waals surface area contributed by atoms with Crippen molar-refractivity contribution in [2.45, 2.75) is 22.7 Å². The van der Waals surface area contributed by atoms with E-state index in [1.54, 1.807) is 12.1 Å². The first-order valence-electron chi connectivity index (χ1n) is 12.6. The molecule has 3 atom stereocenters. The maximum Gasteiger partial charge on any atom is 0.337 e. The molecule has 0 aliphatic heterocycles. The smallest absolute Gasteiger partial charge is 0.337 e. The van der Waals surface area contributed by atoms with E-state index in [1.807, 2.05) is 66.7 Å². The molecule has 0 fully saturated rings. The molecule has 4 aromatic rings. The molecule has 0 bridgehead atoms. The van der Waals surface area contributed by atoms with Crippen molar-refractivity contribution in [3.05, 3.63) is 130 Å². The SMILES string of the molecule is COC(=O)c1ccc(CC(Cc2ccc(Br)cc2)C(=O)NC2=C[C@@H](I)C(c3cc4ccccc4o3)C=C2)cc1. The van der Waals surface area contributed by atoms with Crippen molar-refractivity contribution < 1.29 is 18.7 Å². The van der Waals surface area contributed by atoms with Crippen LogP contribution in [0.25, 0.3) is 11.0 Å². The average Bonchev–Trinajstić information content (AvgIpc) is 3.38. The fraction of sp³-hybridized carbons (Fsp3) is 0.188. The number of methoxy groups -OCH3 is 1.